The second kappa shape index (κ2) is 8.51. The molecule has 0 heterocycles. The molecule has 0 saturated heterocycles. The topological polar surface area (TPSA) is 54.9 Å². The lowest BCUT2D eigenvalue weighted by molar-refractivity contribution is 0.355. The lowest BCUT2D eigenvalue weighted by Crippen LogP contribution is -2.31. The number of ether oxygens (including phenoxy) is 2. The number of anilines is 1. The van der Waals surface area contributed by atoms with Crippen LogP contribution in [0.5, 0.6) is 11.5 Å². The van der Waals surface area contributed by atoms with Gasteiger partial charge in [-0.05, 0) is 30.9 Å². The first-order valence-electron chi connectivity index (χ1n) is 7.67. The fraction of sp³-hybridized carbons (Fsp3) is 0.588. The highest BCUT2D eigenvalue weighted by molar-refractivity contribution is 5.93. The Hall–Kier alpha value is -1.91. The fourth-order valence-corrected chi connectivity index (χ4v) is 1.86. The van der Waals surface area contributed by atoms with Crippen LogP contribution < -0.4 is 20.1 Å². The van der Waals surface area contributed by atoms with Crippen LogP contribution in [-0.4, -0.2) is 33.3 Å². The van der Waals surface area contributed by atoms with E-state index in [-0.39, 0.29) is 5.41 Å². The first kappa shape index (κ1) is 18.1. The van der Waals surface area contributed by atoms with E-state index in [9.17, 15) is 0 Å². The third-order valence-corrected chi connectivity index (χ3v) is 3.12. The molecular formula is C17H29N3O2. The summed E-state index contributed by atoms with van der Waals surface area (Å²) < 4.78 is 10.6. The zero-order valence-corrected chi connectivity index (χ0v) is 14.6. The van der Waals surface area contributed by atoms with Gasteiger partial charge in [-0.15, -0.1) is 0 Å². The molecule has 0 radical (unpaired) electrons. The number of benzene rings is 1. The van der Waals surface area contributed by atoms with Crippen LogP contribution in [0.4, 0.5) is 5.69 Å². The molecule has 0 spiro atoms. The number of nitrogens with one attached hydrogen (secondary N) is 2. The van der Waals surface area contributed by atoms with Crippen molar-refractivity contribution >= 4 is 11.6 Å². The molecule has 0 bridgehead atoms. The molecule has 0 aromatic heterocycles. The predicted molar refractivity (Wildman–Crippen MR) is 93.2 cm³/mol. The zero-order chi connectivity index (χ0) is 16.6. The van der Waals surface area contributed by atoms with Gasteiger partial charge in [-0.1, -0.05) is 20.8 Å². The van der Waals surface area contributed by atoms with Crippen molar-refractivity contribution in [1.82, 2.24) is 5.32 Å². The molecule has 0 aliphatic heterocycles. The summed E-state index contributed by atoms with van der Waals surface area (Å²) in [6.07, 6.45) is 1.04. The van der Waals surface area contributed by atoms with E-state index in [1.165, 1.54) is 0 Å². The summed E-state index contributed by atoms with van der Waals surface area (Å²) in [6, 6.07) is 5.72. The Balaban J connectivity index is 2.80. The van der Waals surface area contributed by atoms with Crippen molar-refractivity contribution in [3.8, 4) is 11.5 Å². The second-order valence-electron chi connectivity index (χ2n) is 6.27. The molecule has 1 rings (SSSR count). The van der Waals surface area contributed by atoms with Crippen LogP contribution in [0.25, 0.3) is 0 Å². The van der Waals surface area contributed by atoms with E-state index in [1.807, 2.05) is 18.2 Å². The van der Waals surface area contributed by atoms with Gasteiger partial charge in [0, 0.05) is 24.8 Å². The van der Waals surface area contributed by atoms with E-state index in [2.05, 4.69) is 43.3 Å². The molecule has 0 aliphatic carbocycles. The molecule has 0 atom stereocenters. The minimum absolute atomic E-state index is 0.282. The number of hydrogen-bond donors (Lipinski definition) is 2. The maximum absolute atomic E-state index is 5.32. The quantitative estimate of drug-likeness (QED) is 0.624. The third-order valence-electron chi connectivity index (χ3n) is 3.12. The number of nitrogens with zero attached hydrogens (tertiary/aromatic N) is 1. The molecule has 0 unspecified atom stereocenters. The SMILES string of the molecule is CCNC(=NCCC(C)(C)C)Nc1ccc(OC)c(OC)c1. The standard InChI is InChI=1S/C17H29N3O2/c1-7-18-16(19-11-10-17(2,3)4)20-13-8-9-14(21-5)15(12-13)22-6/h8-9,12H,7,10-11H2,1-6H3,(H2,18,19,20). The number of aliphatic imine (C=N–C) groups is 1. The number of hydrogen-bond acceptors (Lipinski definition) is 3. The third kappa shape index (κ3) is 6.24. The average molecular weight is 307 g/mol. The van der Waals surface area contributed by atoms with Gasteiger partial charge in [-0.3, -0.25) is 4.99 Å². The minimum Gasteiger partial charge on any atom is -0.493 e. The van der Waals surface area contributed by atoms with E-state index in [1.54, 1.807) is 14.2 Å². The van der Waals surface area contributed by atoms with Gasteiger partial charge in [0.25, 0.3) is 0 Å². The van der Waals surface area contributed by atoms with Crippen molar-refractivity contribution in [3.63, 3.8) is 0 Å². The van der Waals surface area contributed by atoms with Crippen molar-refractivity contribution < 1.29 is 9.47 Å². The number of guanidine groups is 1. The summed E-state index contributed by atoms with van der Waals surface area (Å²) in [7, 11) is 3.26. The van der Waals surface area contributed by atoms with E-state index in [0.717, 1.165) is 31.2 Å². The van der Waals surface area contributed by atoms with Gasteiger partial charge < -0.3 is 20.1 Å². The van der Waals surface area contributed by atoms with Crippen molar-refractivity contribution in [2.45, 2.75) is 34.1 Å². The molecule has 1 aromatic rings. The highest BCUT2D eigenvalue weighted by Gasteiger charge is 2.10. The molecule has 0 fully saturated rings. The van der Waals surface area contributed by atoms with Crippen LogP contribution in [0.2, 0.25) is 0 Å². The van der Waals surface area contributed by atoms with Gasteiger partial charge in [-0.25, -0.2) is 0 Å². The molecule has 5 nitrogen and oxygen atoms in total. The first-order chi connectivity index (χ1) is 10.4. The Bertz CT molecular complexity index is 493. The Morgan fingerprint density at radius 3 is 2.36 bits per heavy atom. The van der Waals surface area contributed by atoms with Crippen LogP contribution >= 0.6 is 0 Å². The molecular weight excluding hydrogens is 278 g/mol. The summed E-state index contributed by atoms with van der Waals surface area (Å²) >= 11 is 0. The lowest BCUT2D eigenvalue weighted by Gasteiger charge is -2.17. The van der Waals surface area contributed by atoms with Crippen molar-refractivity contribution in [2.24, 2.45) is 10.4 Å². The van der Waals surface area contributed by atoms with E-state index >= 15 is 0 Å². The van der Waals surface area contributed by atoms with Gasteiger partial charge in [0.15, 0.2) is 17.5 Å². The monoisotopic (exact) mass is 307 g/mol. The molecule has 2 N–H and O–H groups in total. The minimum atomic E-state index is 0.282. The van der Waals surface area contributed by atoms with Crippen LogP contribution in [0.1, 0.15) is 34.1 Å². The maximum atomic E-state index is 5.32. The normalized spacial score (nSPS) is 12.0. The average Bonchev–Trinajstić information content (AvgIpc) is 2.46. The van der Waals surface area contributed by atoms with E-state index in [0.29, 0.717) is 11.5 Å². The maximum Gasteiger partial charge on any atom is 0.195 e. The number of rotatable bonds is 6. The van der Waals surface area contributed by atoms with Gasteiger partial charge in [-0.2, -0.15) is 0 Å². The first-order valence-corrected chi connectivity index (χ1v) is 7.67. The summed E-state index contributed by atoms with van der Waals surface area (Å²) in [5.74, 6) is 2.18. The highest BCUT2D eigenvalue weighted by Crippen LogP contribution is 2.29. The Morgan fingerprint density at radius 2 is 1.82 bits per heavy atom. The van der Waals surface area contributed by atoms with Gasteiger partial charge >= 0.3 is 0 Å². The van der Waals surface area contributed by atoms with Crippen LogP contribution in [-0.2, 0) is 0 Å². The van der Waals surface area contributed by atoms with Gasteiger partial charge in [0.1, 0.15) is 0 Å². The molecule has 5 heteroatoms. The van der Waals surface area contributed by atoms with Gasteiger partial charge in [0.2, 0.25) is 0 Å². The van der Waals surface area contributed by atoms with Crippen LogP contribution in [0.15, 0.2) is 23.2 Å². The smallest absolute Gasteiger partial charge is 0.195 e. The van der Waals surface area contributed by atoms with E-state index in [4.69, 9.17) is 9.47 Å². The van der Waals surface area contributed by atoms with E-state index < -0.39 is 0 Å². The number of methoxy groups -OCH3 is 2. The molecule has 0 aliphatic rings. The summed E-state index contributed by atoms with van der Waals surface area (Å²) in [5.41, 5.74) is 1.19. The van der Waals surface area contributed by atoms with Crippen molar-refractivity contribution in [1.29, 1.82) is 0 Å². The summed E-state index contributed by atoms with van der Waals surface area (Å²) in [5, 5.41) is 6.55. The predicted octanol–water partition coefficient (Wildman–Crippen LogP) is 3.52. The summed E-state index contributed by atoms with van der Waals surface area (Å²) in [4.78, 5) is 4.61. The molecule has 22 heavy (non-hydrogen) atoms. The summed E-state index contributed by atoms with van der Waals surface area (Å²) in [6.45, 7) is 10.3. The molecule has 0 saturated carbocycles. The highest BCUT2D eigenvalue weighted by atomic mass is 16.5. The van der Waals surface area contributed by atoms with Crippen LogP contribution in [0, 0.1) is 5.41 Å². The Kier molecular flexibility index (Phi) is 7.02. The van der Waals surface area contributed by atoms with Crippen molar-refractivity contribution in [2.75, 3.05) is 32.6 Å². The fourth-order valence-electron chi connectivity index (χ4n) is 1.86. The molecule has 124 valence electrons. The molecule has 0 amide bonds. The lowest BCUT2D eigenvalue weighted by atomic mass is 9.93. The van der Waals surface area contributed by atoms with Gasteiger partial charge in [0.05, 0.1) is 14.2 Å². The zero-order valence-electron chi connectivity index (χ0n) is 14.6. The molecule has 1 aromatic carbocycles. The van der Waals surface area contributed by atoms with Crippen LogP contribution in [0.3, 0.4) is 0 Å². The Labute approximate surface area is 134 Å². The van der Waals surface area contributed by atoms with Crippen molar-refractivity contribution in [3.05, 3.63) is 18.2 Å². The second-order valence-corrected chi connectivity index (χ2v) is 6.27. The Morgan fingerprint density at radius 1 is 1.14 bits per heavy atom. The largest absolute Gasteiger partial charge is 0.493 e.